The molecule has 0 spiro atoms. The highest BCUT2D eigenvalue weighted by molar-refractivity contribution is 5.92. The van der Waals surface area contributed by atoms with Gasteiger partial charge in [0.25, 0.3) is 0 Å². The maximum Gasteiger partial charge on any atom is 0.410 e. The molecule has 0 aliphatic carbocycles. The van der Waals surface area contributed by atoms with E-state index in [9.17, 15) is 14.4 Å². The number of piperidine rings is 1. The highest BCUT2D eigenvalue weighted by Crippen LogP contribution is 2.23. The summed E-state index contributed by atoms with van der Waals surface area (Å²) in [5, 5.41) is 2.16. The summed E-state index contributed by atoms with van der Waals surface area (Å²) in [7, 11) is 7.42. The monoisotopic (exact) mass is 614 g/mol. The Morgan fingerprint density at radius 2 is 1.47 bits per heavy atom. The Morgan fingerprint density at radius 1 is 0.822 bits per heavy atom. The second-order valence-corrected chi connectivity index (χ2v) is 13.7. The normalized spacial score (nSPS) is 16.7. The first-order chi connectivity index (χ1) is 21.3. The zero-order valence-corrected chi connectivity index (χ0v) is 28.0. The number of likely N-dealkylation sites (N-methyl/N-ethyl adjacent to an activating group) is 2. The molecule has 0 radical (unpaired) electrons. The molecule has 0 N–H and O–H groups in total. The van der Waals surface area contributed by atoms with E-state index in [0.29, 0.717) is 25.4 Å². The molecule has 1 fully saturated rings. The van der Waals surface area contributed by atoms with Crippen molar-refractivity contribution in [3.05, 3.63) is 83.9 Å². The molecule has 3 amide bonds. The topological polar surface area (TPSA) is 73.4 Å². The lowest BCUT2D eigenvalue weighted by atomic mass is 9.95. The molecule has 0 bridgehead atoms. The number of hydrogen-bond donors (Lipinski definition) is 0. The number of carbonyl (C=O) groups is 3. The number of carbonyl (C=O) groups excluding carboxylic acids is 3. The van der Waals surface area contributed by atoms with Gasteiger partial charge in [-0.15, -0.1) is 0 Å². The van der Waals surface area contributed by atoms with Crippen molar-refractivity contribution in [1.82, 2.24) is 19.6 Å². The van der Waals surface area contributed by atoms with Crippen LogP contribution in [0.3, 0.4) is 0 Å². The Bertz CT molecular complexity index is 1450. The van der Waals surface area contributed by atoms with Gasteiger partial charge in [-0.3, -0.25) is 14.5 Å². The minimum atomic E-state index is -0.875. The van der Waals surface area contributed by atoms with E-state index in [0.717, 1.165) is 41.3 Å². The van der Waals surface area contributed by atoms with Crippen molar-refractivity contribution in [2.45, 2.75) is 64.1 Å². The van der Waals surface area contributed by atoms with Crippen LogP contribution in [-0.2, 0) is 27.2 Å². The number of likely N-dealkylation sites (tertiary alicyclic amines) is 1. The van der Waals surface area contributed by atoms with Gasteiger partial charge >= 0.3 is 6.09 Å². The molecule has 8 heteroatoms. The van der Waals surface area contributed by atoms with Crippen molar-refractivity contribution in [3.8, 4) is 0 Å². The fourth-order valence-electron chi connectivity index (χ4n) is 6.20. The number of rotatable bonds is 10. The number of amides is 3. The van der Waals surface area contributed by atoms with E-state index >= 15 is 0 Å². The van der Waals surface area contributed by atoms with Crippen LogP contribution in [0, 0.1) is 5.92 Å². The van der Waals surface area contributed by atoms with E-state index in [-0.39, 0.29) is 18.2 Å². The molecule has 0 aromatic heterocycles. The largest absolute Gasteiger partial charge is 0.444 e. The van der Waals surface area contributed by atoms with Crippen molar-refractivity contribution >= 4 is 28.7 Å². The van der Waals surface area contributed by atoms with Crippen LogP contribution in [0.2, 0.25) is 0 Å². The molecule has 45 heavy (non-hydrogen) atoms. The minimum absolute atomic E-state index is 0.0532. The van der Waals surface area contributed by atoms with Gasteiger partial charge in [0.2, 0.25) is 11.8 Å². The Labute approximate surface area is 268 Å². The fraction of sp³-hybridized carbons (Fsp3) is 0.486. The number of nitrogens with zero attached hydrogens (tertiary/aromatic N) is 4. The summed E-state index contributed by atoms with van der Waals surface area (Å²) in [5.41, 5.74) is 1.17. The summed E-state index contributed by atoms with van der Waals surface area (Å²) < 4.78 is 5.70. The van der Waals surface area contributed by atoms with Gasteiger partial charge in [0, 0.05) is 46.6 Å². The molecule has 3 aromatic carbocycles. The molecule has 1 heterocycles. The lowest BCUT2D eigenvalue weighted by Gasteiger charge is -2.39. The molecule has 3 unspecified atom stereocenters. The summed E-state index contributed by atoms with van der Waals surface area (Å²) >= 11 is 0. The lowest BCUT2D eigenvalue weighted by Crippen LogP contribution is -2.58. The van der Waals surface area contributed by atoms with Crippen LogP contribution >= 0.6 is 0 Å². The van der Waals surface area contributed by atoms with Gasteiger partial charge in [-0.25, -0.2) is 4.79 Å². The van der Waals surface area contributed by atoms with Gasteiger partial charge in [-0.05, 0) is 75.5 Å². The van der Waals surface area contributed by atoms with Gasteiger partial charge in [0.15, 0.2) is 0 Å². The maximum absolute atomic E-state index is 14.6. The number of benzene rings is 3. The SMILES string of the molecule is CN(C)CC1CCCN(C(=O)C(Cc2ccccc2)N(C)C(=O)C(Cc2ccc3ccccc3c2)N(C)C(=O)OC(C)(C)C)C1. The van der Waals surface area contributed by atoms with Gasteiger partial charge < -0.3 is 19.4 Å². The lowest BCUT2D eigenvalue weighted by molar-refractivity contribution is -0.148. The third-order valence-electron chi connectivity index (χ3n) is 8.50. The molecule has 242 valence electrons. The van der Waals surface area contributed by atoms with E-state index in [1.165, 1.54) is 4.90 Å². The van der Waals surface area contributed by atoms with Crippen molar-refractivity contribution < 1.29 is 19.1 Å². The minimum Gasteiger partial charge on any atom is -0.444 e. The van der Waals surface area contributed by atoms with Crippen molar-refractivity contribution in [3.63, 3.8) is 0 Å². The van der Waals surface area contributed by atoms with Gasteiger partial charge in [0.05, 0.1) is 0 Å². The van der Waals surface area contributed by atoms with Crippen LogP contribution in [0.4, 0.5) is 4.79 Å². The Morgan fingerprint density at radius 3 is 2.13 bits per heavy atom. The van der Waals surface area contributed by atoms with Gasteiger partial charge in [-0.1, -0.05) is 72.8 Å². The van der Waals surface area contributed by atoms with E-state index in [1.807, 2.05) is 92.4 Å². The van der Waals surface area contributed by atoms with Crippen LogP contribution in [0.25, 0.3) is 10.8 Å². The van der Waals surface area contributed by atoms with Crippen LogP contribution in [0.5, 0.6) is 0 Å². The molecular weight excluding hydrogens is 564 g/mol. The smallest absolute Gasteiger partial charge is 0.410 e. The van der Waals surface area contributed by atoms with Crippen molar-refractivity contribution in [1.29, 1.82) is 0 Å². The first kappa shape index (κ1) is 34.0. The molecule has 3 atom stereocenters. The molecule has 1 saturated heterocycles. The second-order valence-electron chi connectivity index (χ2n) is 13.7. The number of ether oxygens (including phenoxy) is 1. The van der Waals surface area contributed by atoms with Crippen LogP contribution in [0.1, 0.15) is 44.7 Å². The summed E-state index contributed by atoms with van der Waals surface area (Å²) in [6.45, 7) is 7.68. The molecule has 4 rings (SSSR count). The fourth-order valence-corrected chi connectivity index (χ4v) is 6.20. The molecule has 3 aromatic rings. The summed E-state index contributed by atoms with van der Waals surface area (Å²) in [6.07, 6.45) is 2.10. The van der Waals surface area contributed by atoms with Crippen LogP contribution < -0.4 is 0 Å². The van der Waals surface area contributed by atoms with E-state index in [1.54, 1.807) is 19.0 Å². The van der Waals surface area contributed by atoms with Crippen molar-refractivity contribution in [2.75, 3.05) is 47.8 Å². The molecule has 0 saturated carbocycles. The predicted octanol–water partition coefficient (Wildman–Crippen LogP) is 5.49. The van der Waals surface area contributed by atoms with Crippen LogP contribution in [-0.4, -0.2) is 103 Å². The quantitative estimate of drug-likeness (QED) is 0.302. The van der Waals surface area contributed by atoms with Gasteiger partial charge in [-0.2, -0.15) is 0 Å². The Hall–Kier alpha value is -3.91. The van der Waals surface area contributed by atoms with E-state index < -0.39 is 23.8 Å². The molecule has 1 aliphatic rings. The predicted molar refractivity (Wildman–Crippen MR) is 180 cm³/mol. The second kappa shape index (κ2) is 14.9. The van der Waals surface area contributed by atoms with Gasteiger partial charge in [0.1, 0.15) is 17.7 Å². The molecular formula is C37H50N4O4. The Kier molecular flexibility index (Phi) is 11.3. The highest BCUT2D eigenvalue weighted by atomic mass is 16.6. The van der Waals surface area contributed by atoms with Crippen molar-refractivity contribution in [2.24, 2.45) is 5.92 Å². The summed E-state index contributed by atoms with van der Waals surface area (Å²) in [4.78, 5) is 49.3. The average molecular weight is 615 g/mol. The summed E-state index contributed by atoms with van der Waals surface area (Å²) in [5.74, 6) is 0.0326. The summed E-state index contributed by atoms with van der Waals surface area (Å²) in [6, 6.07) is 22.4. The van der Waals surface area contributed by atoms with E-state index in [2.05, 4.69) is 25.1 Å². The van der Waals surface area contributed by atoms with E-state index in [4.69, 9.17) is 4.74 Å². The zero-order chi connectivity index (χ0) is 32.7. The molecule has 1 aliphatic heterocycles. The zero-order valence-electron chi connectivity index (χ0n) is 28.0. The third-order valence-corrected chi connectivity index (χ3v) is 8.50. The molecule has 8 nitrogen and oxygen atoms in total. The van der Waals surface area contributed by atoms with Crippen LogP contribution in [0.15, 0.2) is 72.8 Å². The maximum atomic E-state index is 14.6. The third kappa shape index (κ3) is 9.30. The average Bonchev–Trinajstić information content (AvgIpc) is 3.00. The standard InChI is InChI=1S/C37H50N4O4/c1-37(2,3)45-36(44)40(7)32(24-28-19-20-30-17-11-12-18-31(30)22-28)34(42)39(6)33(23-27-14-9-8-10-15-27)35(43)41-21-13-16-29(26-41)25-38(4)5/h8-12,14-15,17-20,22,29,32-33H,13,16,21,23-26H2,1-7H3. The number of hydrogen-bond acceptors (Lipinski definition) is 5. The first-order valence-electron chi connectivity index (χ1n) is 16.0. The Balaban J connectivity index is 1.66. The first-order valence-corrected chi connectivity index (χ1v) is 16.0. The highest BCUT2D eigenvalue weighted by Gasteiger charge is 2.38. The number of fused-ring (bicyclic) bond motifs is 1.